The van der Waals surface area contributed by atoms with Crippen molar-refractivity contribution in [2.75, 3.05) is 0 Å². The number of hydrogen-bond donors (Lipinski definition) is 0. The normalized spacial score (nSPS) is 20.1. The van der Waals surface area contributed by atoms with Gasteiger partial charge in [0.15, 0.2) is 0 Å². The first-order chi connectivity index (χ1) is 7.24. The Balaban J connectivity index is 1.99. The fourth-order valence-electron chi connectivity index (χ4n) is 1.95. The molecule has 1 aliphatic carbocycles. The first-order valence-corrected chi connectivity index (χ1v) is 5.64. The fraction of sp³-hybridized carbons (Fsp3) is 0.333. The molecular weight excluding hydrogens is 180 g/mol. The highest BCUT2D eigenvalue weighted by Gasteiger charge is 2.07. The van der Waals surface area contributed by atoms with Crippen molar-refractivity contribution in [2.24, 2.45) is 5.92 Å². The Morgan fingerprint density at radius 3 is 2.47 bits per heavy atom. The van der Waals surface area contributed by atoms with E-state index in [-0.39, 0.29) is 0 Å². The number of rotatable bonds is 2. The summed E-state index contributed by atoms with van der Waals surface area (Å²) in [6.45, 7) is 4.30. The van der Waals surface area contributed by atoms with Crippen LogP contribution in [-0.4, -0.2) is 0 Å². The summed E-state index contributed by atoms with van der Waals surface area (Å²) in [5, 5.41) is 0. The summed E-state index contributed by atoms with van der Waals surface area (Å²) >= 11 is 0. The molecule has 1 aromatic carbocycles. The molecule has 0 aliphatic heterocycles. The minimum Gasteiger partial charge on any atom is -0.0810 e. The molecule has 1 atom stereocenters. The molecule has 0 nitrogen and oxygen atoms in total. The smallest absolute Gasteiger partial charge is 0.0155 e. The van der Waals surface area contributed by atoms with E-state index in [0.29, 0.717) is 5.92 Å². The standard InChI is InChI=1S/C15H18/c1-12-3-7-14(8-4-12)11-15-9-5-13(2)6-10-15/h3-9,15H,10-11H2,1-2H3. The molecule has 78 valence electrons. The van der Waals surface area contributed by atoms with E-state index in [2.05, 4.69) is 56.3 Å². The van der Waals surface area contributed by atoms with Crippen molar-refractivity contribution in [3.8, 4) is 0 Å². The van der Waals surface area contributed by atoms with Crippen LogP contribution in [0.4, 0.5) is 0 Å². The lowest BCUT2D eigenvalue weighted by atomic mass is 9.91. The molecule has 0 fully saturated rings. The zero-order valence-electron chi connectivity index (χ0n) is 9.53. The summed E-state index contributed by atoms with van der Waals surface area (Å²) in [4.78, 5) is 0. The average Bonchev–Trinajstić information content (AvgIpc) is 2.25. The number of benzene rings is 1. The third-order valence-electron chi connectivity index (χ3n) is 2.99. The molecule has 0 amide bonds. The molecule has 0 aromatic heterocycles. The van der Waals surface area contributed by atoms with Crippen molar-refractivity contribution >= 4 is 0 Å². The van der Waals surface area contributed by atoms with Gasteiger partial charge >= 0.3 is 0 Å². The molecular formula is C15H18. The van der Waals surface area contributed by atoms with Crippen LogP contribution in [0.15, 0.2) is 48.1 Å². The second-order valence-corrected chi connectivity index (χ2v) is 4.49. The van der Waals surface area contributed by atoms with Gasteiger partial charge < -0.3 is 0 Å². The van der Waals surface area contributed by atoms with Crippen LogP contribution in [0, 0.1) is 12.8 Å². The Bertz CT molecular complexity index is 379. The summed E-state index contributed by atoms with van der Waals surface area (Å²) in [5.41, 5.74) is 4.19. The molecule has 0 N–H and O–H groups in total. The minimum atomic E-state index is 0.691. The second kappa shape index (κ2) is 4.48. The van der Waals surface area contributed by atoms with Crippen molar-refractivity contribution in [3.63, 3.8) is 0 Å². The van der Waals surface area contributed by atoms with Gasteiger partial charge in [0.2, 0.25) is 0 Å². The summed E-state index contributed by atoms with van der Waals surface area (Å²) in [6.07, 6.45) is 9.27. The van der Waals surface area contributed by atoms with Crippen LogP contribution in [0.2, 0.25) is 0 Å². The molecule has 1 aromatic rings. The molecule has 0 saturated heterocycles. The largest absolute Gasteiger partial charge is 0.0810 e. The Morgan fingerprint density at radius 2 is 1.87 bits per heavy atom. The zero-order chi connectivity index (χ0) is 10.7. The Morgan fingerprint density at radius 1 is 1.13 bits per heavy atom. The monoisotopic (exact) mass is 198 g/mol. The van der Waals surface area contributed by atoms with Crippen molar-refractivity contribution < 1.29 is 0 Å². The molecule has 0 radical (unpaired) electrons. The lowest BCUT2D eigenvalue weighted by Crippen LogP contribution is -2.03. The maximum absolute atomic E-state index is 2.34. The van der Waals surface area contributed by atoms with Crippen LogP contribution < -0.4 is 0 Å². The van der Waals surface area contributed by atoms with Gasteiger partial charge in [-0.25, -0.2) is 0 Å². The van der Waals surface area contributed by atoms with Gasteiger partial charge in [-0.3, -0.25) is 0 Å². The highest BCUT2D eigenvalue weighted by atomic mass is 14.1. The van der Waals surface area contributed by atoms with Gasteiger partial charge in [-0.05, 0) is 38.2 Å². The molecule has 0 heteroatoms. The number of allylic oxidation sites excluding steroid dienone is 4. The Hall–Kier alpha value is -1.30. The van der Waals surface area contributed by atoms with E-state index in [1.807, 2.05) is 0 Å². The first kappa shape index (κ1) is 10.2. The van der Waals surface area contributed by atoms with E-state index in [0.717, 1.165) is 0 Å². The lowest BCUT2D eigenvalue weighted by Gasteiger charge is -2.14. The zero-order valence-corrected chi connectivity index (χ0v) is 9.53. The van der Waals surface area contributed by atoms with Crippen molar-refractivity contribution in [1.82, 2.24) is 0 Å². The fourth-order valence-corrected chi connectivity index (χ4v) is 1.95. The second-order valence-electron chi connectivity index (χ2n) is 4.49. The maximum Gasteiger partial charge on any atom is -0.0155 e. The third kappa shape index (κ3) is 2.82. The van der Waals surface area contributed by atoms with Crippen LogP contribution >= 0.6 is 0 Å². The molecule has 15 heavy (non-hydrogen) atoms. The van der Waals surface area contributed by atoms with Crippen molar-refractivity contribution in [2.45, 2.75) is 26.7 Å². The lowest BCUT2D eigenvalue weighted by molar-refractivity contribution is 0.649. The summed E-state index contributed by atoms with van der Waals surface area (Å²) in [7, 11) is 0. The van der Waals surface area contributed by atoms with Gasteiger partial charge in [-0.15, -0.1) is 0 Å². The molecule has 0 saturated carbocycles. The number of hydrogen-bond acceptors (Lipinski definition) is 0. The highest BCUT2D eigenvalue weighted by molar-refractivity contribution is 5.25. The van der Waals surface area contributed by atoms with Gasteiger partial charge in [0, 0.05) is 0 Å². The summed E-state index contributed by atoms with van der Waals surface area (Å²) in [5.74, 6) is 0.691. The Labute approximate surface area is 92.3 Å². The van der Waals surface area contributed by atoms with Gasteiger partial charge in [-0.1, -0.05) is 53.6 Å². The Kier molecular flexibility index (Phi) is 3.05. The van der Waals surface area contributed by atoms with Gasteiger partial charge in [-0.2, -0.15) is 0 Å². The first-order valence-electron chi connectivity index (χ1n) is 5.64. The van der Waals surface area contributed by atoms with Crippen LogP contribution in [-0.2, 0) is 6.42 Å². The topological polar surface area (TPSA) is 0 Å². The molecule has 1 aliphatic rings. The molecule has 0 spiro atoms. The number of aryl methyl sites for hydroxylation is 1. The van der Waals surface area contributed by atoms with E-state index < -0.39 is 0 Å². The SMILES string of the molecule is CC1=CCC(Cc2ccc(C)cc2)C=C1. The maximum atomic E-state index is 2.34. The van der Waals surface area contributed by atoms with E-state index in [9.17, 15) is 0 Å². The molecule has 0 heterocycles. The molecule has 2 rings (SSSR count). The van der Waals surface area contributed by atoms with E-state index in [1.54, 1.807) is 0 Å². The quantitative estimate of drug-likeness (QED) is 0.672. The van der Waals surface area contributed by atoms with E-state index in [4.69, 9.17) is 0 Å². The van der Waals surface area contributed by atoms with Crippen LogP contribution in [0.5, 0.6) is 0 Å². The van der Waals surface area contributed by atoms with Gasteiger partial charge in [0.05, 0.1) is 0 Å². The molecule has 1 unspecified atom stereocenters. The predicted octanol–water partition coefficient (Wildman–Crippen LogP) is 4.06. The summed E-state index contributed by atoms with van der Waals surface area (Å²) in [6, 6.07) is 8.88. The van der Waals surface area contributed by atoms with Crippen molar-refractivity contribution in [1.29, 1.82) is 0 Å². The molecule has 0 bridgehead atoms. The van der Waals surface area contributed by atoms with Gasteiger partial charge in [0.25, 0.3) is 0 Å². The average molecular weight is 198 g/mol. The highest BCUT2D eigenvalue weighted by Crippen LogP contribution is 2.20. The van der Waals surface area contributed by atoms with E-state index in [1.165, 1.54) is 29.5 Å². The third-order valence-corrected chi connectivity index (χ3v) is 2.99. The summed E-state index contributed by atoms with van der Waals surface area (Å²) < 4.78 is 0. The van der Waals surface area contributed by atoms with Crippen molar-refractivity contribution in [3.05, 3.63) is 59.2 Å². The van der Waals surface area contributed by atoms with Crippen LogP contribution in [0.1, 0.15) is 24.5 Å². The van der Waals surface area contributed by atoms with Gasteiger partial charge in [0.1, 0.15) is 0 Å². The van der Waals surface area contributed by atoms with Crippen LogP contribution in [0.3, 0.4) is 0 Å². The van der Waals surface area contributed by atoms with Crippen LogP contribution in [0.25, 0.3) is 0 Å². The van der Waals surface area contributed by atoms with E-state index >= 15 is 0 Å². The minimum absolute atomic E-state index is 0.691. The predicted molar refractivity (Wildman–Crippen MR) is 65.9 cm³/mol.